The Kier molecular flexibility index (Phi) is 9.65. The van der Waals surface area contributed by atoms with Crippen molar-refractivity contribution in [3.63, 3.8) is 0 Å². The van der Waals surface area contributed by atoms with Crippen LogP contribution < -0.4 is 0 Å². The third-order valence-corrected chi connectivity index (χ3v) is 6.39. The third-order valence-electron chi connectivity index (χ3n) is 6.39. The summed E-state index contributed by atoms with van der Waals surface area (Å²) in [7, 11) is 0. The second-order valence-electron chi connectivity index (χ2n) is 9.30. The SMILES string of the molecule is N#CC(C(=O)OCCCCCCC1OCC2(COCOC2)CO1)=C(c1ccccc1)c1ccccc1. The van der Waals surface area contributed by atoms with E-state index in [0.29, 0.717) is 38.8 Å². The quantitative estimate of drug-likeness (QED) is 0.203. The van der Waals surface area contributed by atoms with Crippen molar-refractivity contribution < 1.29 is 28.5 Å². The number of rotatable bonds is 10. The zero-order valence-electron chi connectivity index (χ0n) is 20.5. The summed E-state index contributed by atoms with van der Waals surface area (Å²) in [6.07, 6.45) is 4.25. The molecule has 7 heteroatoms. The molecule has 2 aliphatic rings. The number of hydrogen-bond donors (Lipinski definition) is 0. The van der Waals surface area contributed by atoms with Gasteiger partial charge in [0.15, 0.2) is 6.29 Å². The number of esters is 1. The Morgan fingerprint density at radius 2 is 1.44 bits per heavy atom. The highest BCUT2D eigenvalue weighted by Crippen LogP contribution is 2.30. The van der Waals surface area contributed by atoms with Crippen LogP contribution in [0.15, 0.2) is 66.2 Å². The molecule has 2 aromatic carbocycles. The van der Waals surface area contributed by atoms with E-state index < -0.39 is 5.97 Å². The van der Waals surface area contributed by atoms with E-state index in [2.05, 4.69) is 6.07 Å². The minimum Gasteiger partial charge on any atom is -0.462 e. The highest BCUT2D eigenvalue weighted by atomic mass is 16.7. The highest BCUT2D eigenvalue weighted by molar-refractivity contribution is 6.05. The lowest BCUT2D eigenvalue weighted by atomic mass is 9.91. The summed E-state index contributed by atoms with van der Waals surface area (Å²) in [4.78, 5) is 12.8. The minimum atomic E-state index is -0.589. The molecule has 0 unspecified atom stereocenters. The summed E-state index contributed by atoms with van der Waals surface area (Å²) in [5.74, 6) is -0.589. The molecule has 2 heterocycles. The van der Waals surface area contributed by atoms with Crippen molar-refractivity contribution in [2.24, 2.45) is 5.41 Å². The van der Waals surface area contributed by atoms with Gasteiger partial charge >= 0.3 is 5.97 Å². The lowest BCUT2D eigenvalue weighted by Gasteiger charge is -2.41. The molecule has 0 N–H and O–H groups in total. The van der Waals surface area contributed by atoms with Crippen LogP contribution in [0.4, 0.5) is 0 Å². The minimum absolute atomic E-state index is 0.0190. The maximum absolute atomic E-state index is 12.8. The number of benzene rings is 2. The summed E-state index contributed by atoms with van der Waals surface area (Å²) in [6, 6.07) is 21.0. The lowest BCUT2D eigenvalue weighted by molar-refractivity contribution is -0.280. The van der Waals surface area contributed by atoms with Crippen LogP contribution in [0, 0.1) is 16.7 Å². The van der Waals surface area contributed by atoms with E-state index in [1.54, 1.807) is 0 Å². The monoisotopic (exact) mass is 491 g/mol. The van der Waals surface area contributed by atoms with Crippen molar-refractivity contribution in [1.82, 2.24) is 0 Å². The molecule has 0 saturated carbocycles. The molecule has 0 aliphatic carbocycles. The van der Waals surface area contributed by atoms with Crippen molar-refractivity contribution in [3.8, 4) is 6.07 Å². The summed E-state index contributed by atoms with van der Waals surface area (Å²) in [5.41, 5.74) is 2.04. The molecule has 0 aromatic heterocycles. The van der Waals surface area contributed by atoms with Gasteiger partial charge in [-0.2, -0.15) is 5.26 Å². The van der Waals surface area contributed by atoms with Gasteiger partial charge in [-0.25, -0.2) is 4.79 Å². The smallest absolute Gasteiger partial charge is 0.349 e. The van der Waals surface area contributed by atoms with Crippen LogP contribution >= 0.6 is 0 Å². The maximum atomic E-state index is 12.8. The molecule has 2 saturated heterocycles. The Hall–Kier alpha value is -3.02. The normalized spacial score (nSPS) is 17.3. The van der Waals surface area contributed by atoms with Gasteiger partial charge in [-0.1, -0.05) is 73.5 Å². The number of ether oxygens (including phenoxy) is 5. The fraction of sp³-hybridized carbons (Fsp3) is 0.448. The molecule has 0 atom stereocenters. The molecule has 0 amide bonds. The Labute approximate surface area is 212 Å². The molecule has 190 valence electrons. The molecule has 1 spiro atoms. The Bertz CT molecular complexity index is 989. The topological polar surface area (TPSA) is 87.0 Å². The number of hydrogen-bond acceptors (Lipinski definition) is 7. The van der Waals surface area contributed by atoms with Crippen molar-refractivity contribution in [3.05, 3.63) is 77.4 Å². The first-order chi connectivity index (χ1) is 17.7. The Morgan fingerprint density at radius 1 is 0.861 bits per heavy atom. The van der Waals surface area contributed by atoms with Gasteiger partial charge in [0.1, 0.15) is 18.4 Å². The second-order valence-corrected chi connectivity index (χ2v) is 9.30. The number of nitriles is 1. The highest BCUT2D eigenvalue weighted by Gasteiger charge is 2.39. The van der Waals surface area contributed by atoms with Crippen LogP contribution in [-0.2, 0) is 28.5 Å². The van der Waals surface area contributed by atoms with E-state index in [-0.39, 0.29) is 23.9 Å². The van der Waals surface area contributed by atoms with E-state index in [1.165, 1.54) is 0 Å². The molecule has 7 nitrogen and oxygen atoms in total. The van der Waals surface area contributed by atoms with Crippen molar-refractivity contribution in [1.29, 1.82) is 5.26 Å². The van der Waals surface area contributed by atoms with Crippen molar-refractivity contribution in [2.45, 2.75) is 38.4 Å². The largest absolute Gasteiger partial charge is 0.462 e. The van der Waals surface area contributed by atoms with Crippen LogP contribution in [0.3, 0.4) is 0 Å². The predicted octanol–water partition coefficient (Wildman–Crippen LogP) is 4.87. The van der Waals surface area contributed by atoms with Crippen molar-refractivity contribution >= 4 is 11.5 Å². The fourth-order valence-corrected chi connectivity index (χ4v) is 4.45. The van der Waals surface area contributed by atoms with Gasteiger partial charge in [-0.15, -0.1) is 0 Å². The van der Waals surface area contributed by atoms with Crippen molar-refractivity contribution in [2.75, 3.05) is 39.8 Å². The summed E-state index contributed by atoms with van der Waals surface area (Å²) >= 11 is 0. The van der Waals surface area contributed by atoms with Crippen LogP contribution in [-0.4, -0.2) is 52.1 Å². The van der Waals surface area contributed by atoms with Gasteiger partial charge in [0.25, 0.3) is 0 Å². The first-order valence-electron chi connectivity index (χ1n) is 12.5. The molecule has 2 aromatic rings. The van der Waals surface area contributed by atoms with E-state index in [4.69, 9.17) is 23.7 Å². The molecule has 2 fully saturated rings. The van der Waals surface area contributed by atoms with Gasteiger partial charge < -0.3 is 23.7 Å². The molecule has 4 rings (SSSR count). The van der Waals surface area contributed by atoms with Crippen LogP contribution in [0.1, 0.15) is 43.2 Å². The standard InChI is InChI=1S/C29H33NO6/c30-17-25(27(23-11-5-3-6-12-23)24-13-7-4-8-14-24)28(31)34-16-10-2-1-9-15-26-35-20-29(21-36-26)18-32-22-33-19-29/h3-8,11-14,26H,1-2,9-10,15-16,18-22H2. The number of carbonyl (C=O) groups is 1. The van der Waals surface area contributed by atoms with Gasteiger partial charge in [-0.05, 0) is 30.4 Å². The van der Waals surface area contributed by atoms with E-state index in [9.17, 15) is 10.1 Å². The van der Waals surface area contributed by atoms with E-state index in [0.717, 1.165) is 43.2 Å². The van der Waals surface area contributed by atoms with Crippen LogP contribution in [0.5, 0.6) is 0 Å². The number of nitrogens with zero attached hydrogens (tertiary/aromatic N) is 1. The summed E-state index contributed by atoms with van der Waals surface area (Å²) < 4.78 is 28.0. The number of carbonyl (C=O) groups excluding carboxylic acids is 1. The zero-order chi connectivity index (χ0) is 25.1. The average molecular weight is 492 g/mol. The predicted molar refractivity (Wildman–Crippen MR) is 133 cm³/mol. The van der Waals surface area contributed by atoms with Gasteiger partial charge in [-0.3, -0.25) is 0 Å². The van der Waals surface area contributed by atoms with E-state index >= 15 is 0 Å². The van der Waals surface area contributed by atoms with Crippen LogP contribution in [0.25, 0.3) is 5.57 Å². The fourth-order valence-electron chi connectivity index (χ4n) is 4.45. The summed E-state index contributed by atoms with van der Waals surface area (Å²) in [5, 5.41) is 9.82. The van der Waals surface area contributed by atoms with Gasteiger partial charge in [0.2, 0.25) is 0 Å². The Morgan fingerprint density at radius 3 is 2.03 bits per heavy atom. The van der Waals surface area contributed by atoms with E-state index in [1.807, 2.05) is 60.7 Å². The maximum Gasteiger partial charge on any atom is 0.349 e. The number of unbranched alkanes of at least 4 members (excludes halogenated alkanes) is 3. The molecule has 2 aliphatic heterocycles. The molecule has 0 bridgehead atoms. The lowest BCUT2D eigenvalue weighted by Crippen LogP contribution is -2.50. The first-order valence-corrected chi connectivity index (χ1v) is 12.5. The Balaban J connectivity index is 1.20. The second kappa shape index (κ2) is 13.3. The first kappa shape index (κ1) is 26.1. The third kappa shape index (κ3) is 7.02. The van der Waals surface area contributed by atoms with Gasteiger partial charge in [0.05, 0.1) is 38.4 Å². The van der Waals surface area contributed by atoms with Crippen LogP contribution in [0.2, 0.25) is 0 Å². The molecular weight excluding hydrogens is 458 g/mol. The average Bonchev–Trinajstić information content (AvgIpc) is 2.93. The molecule has 0 radical (unpaired) electrons. The van der Waals surface area contributed by atoms with Gasteiger partial charge in [0, 0.05) is 5.57 Å². The molecule has 36 heavy (non-hydrogen) atoms. The zero-order valence-corrected chi connectivity index (χ0v) is 20.5. The molecular formula is C29H33NO6. The summed E-state index contributed by atoms with van der Waals surface area (Å²) in [6.45, 7) is 3.03.